The molecule has 5 N–H and O–H groups in total. The number of nitrogens with zero attached hydrogens (tertiary/aromatic N) is 5. The molecule has 0 saturated carbocycles. The van der Waals surface area contributed by atoms with Crippen LogP contribution in [0.5, 0.6) is 0 Å². The van der Waals surface area contributed by atoms with E-state index in [-0.39, 0.29) is 5.91 Å². The van der Waals surface area contributed by atoms with E-state index in [1.165, 1.54) is 24.2 Å². The first-order chi connectivity index (χ1) is 20.4. The number of amides is 3. The molecule has 216 valence electrons. The zero-order valence-electron chi connectivity index (χ0n) is 22.5. The number of hydrogen-bond acceptors (Lipinski definition) is 9. The van der Waals surface area contributed by atoms with E-state index >= 15 is 0 Å². The number of imidazole rings is 1. The number of methoxy groups -OCH3 is 1. The van der Waals surface area contributed by atoms with Crippen molar-refractivity contribution in [3.63, 3.8) is 0 Å². The lowest BCUT2D eigenvalue weighted by Crippen LogP contribution is -2.26. The van der Waals surface area contributed by atoms with Gasteiger partial charge in [0.1, 0.15) is 12.2 Å². The molecule has 0 spiro atoms. The Balaban J connectivity index is 1.51. The summed E-state index contributed by atoms with van der Waals surface area (Å²) in [4.78, 5) is 45.2. The third kappa shape index (κ3) is 6.90. The summed E-state index contributed by atoms with van der Waals surface area (Å²) in [5.74, 6) is 0.111. The summed E-state index contributed by atoms with van der Waals surface area (Å²) in [6.45, 7) is 1.01. The number of rotatable bonds is 5. The molecule has 0 unspecified atom stereocenters. The van der Waals surface area contributed by atoms with Crippen molar-refractivity contribution < 1.29 is 19.1 Å². The van der Waals surface area contributed by atoms with Gasteiger partial charge in [-0.05, 0) is 53.3 Å². The zero-order valence-corrected chi connectivity index (χ0v) is 23.2. The number of ether oxygens (including phenoxy) is 1. The fourth-order valence-electron chi connectivity index (χ4n) is 4.37. The standard InChI is InChI=1S/C27H27ClN10O4/c1-42-27(41)33-18-12-19-26(21-14-31-23(34-21)6-8-24(39)30-10-2-9-29-19)20(13-18)35-25(40)7-3-16-11-17(28)4-5-22(16)38-15-32-36-37-38/h3-5,7,11-15,29H,2,6,8-10H2,1H3,(H,30,39)(H,31,34)(H,33,41)(H,35,40). The number of aromatic amines is 1. The Bertz CT molecular complexity index is 1630. The molecular weight excluding hydrogens is 564 g/mol. The van der Waals surface area contributed by atoms with Crippen LogP contribution in [0.3, 0.4) is 0 Å². The Hall–Kier alpha value is -5.24. The van der Waals surface area contributed by atoms with Crippen molar-refractivity contribution in [3.05, 3.63) is 65.3 Å². The van der Waals surface area contributed by atoms with E-state index in [0.717, 1.165) is 0 Å². The summed E-state index contributed by atoms with van der Waals surface area (Å²) in [6.07, 6.45) is 6.73. The van der Waals surface area contributed by atoms with Crippen molar-refractivity contribution >= 4 is 52.6 Å². The number of anilines is 3. The summed E-state index contributed by atoms with van der Waals surface area (Å²) >= 11 is 6.21. The number of aryl methyl sites for hydroxylation is 1. The highest BCUT2D eigenvalue weighted by atomic mass is 35.5. The van der Waals surface area contributed by atoms with Crippen molar-refractivity contribution in [2.24, 2.45) is 0 Å². The Morgan fingerprint density at radius 3 is 2.79 bits per heavy atom. The highest BCUT2D eigenvalue weighted by Gasteiger charge is 2.19. The van der Waals surface area contributed by atoms with E-state index in [0.29, 0.717) is 82.8 Å². The number of H-pyrrole nitrogens is 1. The van der Waals surface area contributed by atoms with Gasteiger partial charge in [0.25, 0.3) is 0 Å². The van der Waals surface area contributed by atoms with Crippen molar-refractivity contribution in [2.45, 2.75) is 19.3 Å². The Kier molecular flexibility index (Phi) is 8.72. The fraction of sp³-hybridized carbons (Fsp3) is 0.222. The van der Waals surface area contributed by atoms with Crippen LogP contribution >= 0.6 is 11.6 Å². The van der Waals surface area contributed by atoms with Crippen LogP contribution in [-0.2, 0) is 20.7 Å². The van der Waals surface area contributed by atoms with Gasteiger partial charge in [-0.25, -0.2) is 9.78 Å². The molecule has 2 aromatic heterocycles. The second kappa shape index (κ2) is 13.0. The zero-order chi connectivity index (χ0) is 29.5. The minimum absolute atomic E-state index is 0.0584. The monoisotopic (exact) mass is 590 g/mol. The van der Waals surface area contributed by atoms with Crippen LogP contribution in [0.1, 0.15) is 24.2 Å². The number of fused-ring (bicyclic) bond motifs is 4. The highest BCUT2D eigenvalue weighted by Crippen LogP contribution is 2.38. The summed E-state index contributed by atoms with van der Waals surface area (Å²) in [7, 11) is 1.26. The number of tetrazole rings is 1. The SMILES string of the molecule is COC(=O)Nc1cc2c(c(NC(=O)C=Cc3cc(Cl)ccc3-n3cnnn3)c1)-c1cnc([nH]1)CCC(=O)NCCCN2. The van der Waals surface area contributed by atoms with Gasteiger partial charge in [0, 0.05) is 59.5 Å². The number of carbonyl (C=O) groups is 3. The van der Waals surface area contributed by atoms with Crippen LogP contribution in [0.25, 0.3) is 23.0 Å². The van der Waals surface area contributed by atoms with E-state index in [1.807, 2.05) is 0 Å². The lowest BCUT2D eigenvalue weighted by molar-refractivity contribution is -0.121. The van der Waals surface area contributed by atoms with Gasteiger partial charge in [-0.15, -0.1) is 5.10 Å². The van der Waals surface area contributed by atoms with E-state index in [2.05, 4.69) is 46.8 Å². The van der Waals surface area contributed by atoms with Gasteiger partial charge < -0.3 is 25.7 Å². The molecule has 3 heterocycles. The Morgan fingerprint density at radius 2 is 1.98 bits per heavy atom. The van der Waals surface area contributed by atoms with Crippen molar-refractivity contribution in [1.82, 2.24) is 35.5 Å². The van der Waals surface area contributed by atoms with E-state index < -0.39 is 12.0 Å². The number of hydrogen-bond donors (Lipinski definition) is 5. The third-order valence-electron chi connectivity index (χ3n) is 6.31. The fourth-order valence-corrected chi connectivity index (χ4v) is 4.55. The summed E-state index contributed by atoms with van der Waals surface area (Å²) < 4.78 is 6.22. The second-order valence-corrected chi connectivity index (χ2v) is 9.65. The van der Waals surface area contributed by atoms with Crippen LogP contribution in [0.4, 0.5) is 21.9 Å². The van der Waals surface area contributed by atoms with Gasteiger partial charge in [0.2, 0.25) is 11.8 Å². The minimum Gasteiger partial charge on any atom is -0.453 e. The predicted octanol–water partition coefficient (Wildman–Crippen LogP) is 3.40. The molecule has 1 aliphatic rings. The number of halogens is 1. The molecule has 15 heteroatoms. The second-order valence-electron chi connectivity index (χ2n) is 9.22. The maximum Gasteiger partial charge on any atom is 0.411 e. The van der Waals surface area contributed by atoms with Crippen LogP contribution in [0, 0.1) is 0 Å². The molecule has 42 heavy (non-hydrogen) atoms. The largest absolute Gasteiger partial charge is 0.453 e. The van der Waals surface area contributed by atoms with Crippen LogP contribution in [0.15, 0.2) is 48.9 Å². The number of benzene rings is 2. The van der Waals surface area contributed by atoms with Crippen LogP contribution in [0.2, 0.25) is 5.02 Å². The molecule has 5 rings (SSSR count). The highest BCUT2D eigenvalue weighted by molar-refractivity contribution is 6.30. The van der Waals surface area contributed by atoms with Gasteiger partial charge in [-0.1, -0.05) is 11.6 Å². The van der Waals surface area contributed by atoms with Crippen molar-refractivity contribution in [2.75, 3.05) is 36.1 Å². The van der Waals surface area contributed by atoms with Crippen molar-refractivity contribution in [1.29, 1.82) is 0 Å². The summed E-state index contributed by atoms with van der Waals surface area (Å²) in [6, 6.07) is 8.49. The molecule has 2 bridgehead atoms. The molecule has 2 aromatic carbocycles. The maximum absolute atomic E-state index is 13.3. The van der Waals surface area contributed by atoms with E-state index in [4.69, 9.17) is 16.3 Å². The number of nitrogens with one attached hydrogen (secondary N) is 5. The van der Waals surface area contributed by atoms with Crippen molar-refractivity contribution in [3.8, 4) is 16.9 Å². The van der Waals surface area contributed by atoms with Gasteiger partial charge in [0.15, 0.2) is 0 Å². The van der Waals surface area contributed by atoms with Gasteiger partial charge in [0.05, 0.1) is 30.4 Å². The molecule has 0 saturated heterocycles. The van der Waals surface area contributed by atoms with Gasteiger partial charge >= 0.3 is 6.09 Å². The smallest absolute Gasteiger partial charge is 0.411 e. The van der Waals surface area contributed by atoms with Crippen LogP contribution < -0.4 is 21.3 Å². The normalized spacial score (nSPS) is 13.5. The first-order valence-corrected chi connectivity index (χ1v) is 13.4. The Labute approximate surface area is 244 Å². The summed E-state index contributed by atoms with van der Waals surface area (Å²) in [5.41, 5.74) is 3.89. The molecule has 0 aliphatic carbocycles. The molecule has 1 aliphatic heterocycles. The lowest BCUT2D eigenvalue weighted by atomic mass is 10.1. The number of aromatic nitrogens is 6. The molecule has 14 nitrogen and oxygen atoms in total. The Morgan fingerprint density at radius 1 is 1.12 bits per heavy atom. The summed E-state index contributed by atoms with van der Waals surface area (Å²) in [5, 5.41) is 23.5. The third-order valence-corrected chi connectivity index (χ3v) is 6.54. The molecule has 4 aromatic rings. The molecule has 0 radical (unpaired) electrons. The average Bonchev–Trinajstić information content (AvgIpc) is 3.67. The maximum atomic E-state index is 13.3. The quantitative estimate of drug-likeness (QED) is 0.218. The van der Waals surface area contributed by atoms with E-state index in [1.54, 1.807) is 42.6 Å². The first-order valence-electron chi connectivity index (χ1n) is 13.0. The number of carbonyl (C=O) groups excluding carboxylic acids is 3. The lowest BCUT2D eigenvalue weighted by Gasteiger charge is -2.18. The van der Waals surface area contributed by atoms with Gasteiger partial charge in [-0.3, -0.25) is 14.9 Å². The molecule has 3 amide bonds. The predicted molar refractivity (Wildman–Crippen MR) is 156 cm³/mol. The molecule has 0 fully saturated rings. The van der Waals surface area contributed by atoms with Gasteiger partial charge in [-0.2, -0.15) is 4.68 Å². The first kappa shape index (κ1) is 28.3. The van der Waals surface area contributed by atoms with E-state index in [9.17, 15) is 14.4 Å². The topological polar surface area (TPSA) is 181 Å². The minimum atomic E-state index is -0.667. The molecule has 0 atom stereocenters. The molecular formula is C27H27ClN10O4. The van der Waals surface area contributed by atoms with Crippen LogP contribution in [-0.4, -0.2) is 68.3 Å². The average molecular weight is 591 g/mol.